The molecule has 0 spiro atoms. The second-order valence-electron chi connectivity index (χ2n) is 7.72. The lowest BCUT2D eigenvalue weighted by atomic mass is 9.78. The molecule has 31 heavy (non-hydrogen) atoms. The minimum atomic E-state index is -0.667. The van der Waals surface area contributed by atoms with Gasteiger partial charge in [-0.25, -0.2) is 4.79 Å². The molecule has 1 aliphatic heterocycles. The highest BCUT2D eigenvalue weighted by molar-refractivity contribution is 6.30. The standard InChI is InChI=1S/C24H20ClNO5/c1-14-3-2-4-19-21(14)23(29)26(22(19)28)18-11-7-16(8-12-18)24(30)31-13-20(27)15-5-9-17(25)10-6-15/h2-3,5-12,14,19,21H,4,13H2,1H3/t14-,19+,21+/m0/s1. The molecule has 0 bridgehead atoms. The highest BCUT2D eigenvalue weighted by Gasteiger charge is 2.50. The molecular formula is C24H20ClNO5. The molecule has 2 amide bonds. The number of imide groups is 1. The van der Waals surface area contributed by atoms with Gasteiger partial charge in [0.2, 0.25) is 11.8 Å². The number of nitrogens with zero attached hydrogens (tertiary/aromatic N) is 1. The zero-order valence-electron chi connectivity index (χ0n) is 16.8. The van der Waals surface area contributed by atoms with Crippen LogP contribution in [-0.2, 0) is 14.3 Å². The van der Waals surface area contributed by atoms with Gasteiger partial charge in [0, 0.05) is 10.6 Å². The quantitative estimate of drug-likeness (QED) is 0.305. The molecule has 2 aliphatic rings. The fourth-order valence-electron chi connectivity index (χ4n) is 4.08. The number of allylic oxidation sites excluding steroid dienone is 2. The summed E-state index contributed by atoms with van der Waals surface area (Å²) in [6.07, 6.45) is 4.48. The number of halogens is 1. The highest BCUT2D eigenvalue weighted by Crippen LogP contribution is 2.40. The molecule has 4 rings (SSSR count). The van der Waals surface area contributed by atoms with E-state index in [1.54, 1.807) is 36.4 Å². The molecule has 2 aromatic rings. The molecule has 1 saturated heterocycles. The summed E-state index contributed by atoms with van der Waals surface area (Å²) in [6, 6.07) is 12.3. The number of esters is 1. The van der Waals surface area contributed by atoms with Gasteiger partial charge in [0.1, 0.15) is 0 Å². The van der Waals surface area contributed by atoms with E-state index in [1.165, 1.54) is 17.0 Å². The zero-order valence-corrected chi connectivity index (χ0v) is 17.5. The highest BCUT2D eigenvalue weighted by atomic mass is 35.5. The molecule has 0 radical (unpaired) electrons. The van der Waals surface area contributed by atoms with Crippen molar-refractivity contribution in [2.75, 3.05) is 11.5 Å². The van der Waals surface area contributed by atoms with Crippen LogP contribution >= 0.6 is 11.6 Å². The monoisotopic (exact) mass is 437 g/mol. The lowest BCUT2D eigenvalue weighted by Gasteiger charge is -2.22. The van der Waals surface area contributed by atoms with E-state index in [0.717, 1.165) is 0 Å². The number of hydrogen-bond acceptors (Lipinski definition) is 5. The van der Waals surface area contributed by atoms with Crippen molar-refractivity contribution in [3.05, 3.63) is 76.8 Å². The number of carbonyl (C=O) groups excluding carboxylic acids is 4. The first-order valence-electron chi connectivity index (χ1n) is 9.97. The molecule has 2 aromatic carbocycles. The van der Waals surface area contributed by atoms with Gasteiger partial charge in [-0.2, -0.15) is 0 Å². The van der Waals surface area contributed by atoms with Crippen molar-refractivity contribution in [1.82, 2.24) is 0 Å². The molecular weight excluding hydrogens is 418 g/mol. The third-order valence-corrected chi connectivity index (χ3v) is 5.99. The Morgan fingerprint density at radius 1 is 1.00 bits per heavy atom. The summed E-state index contributed by atoms with van der Waals surface area (Å²) in [4.78, 5) is 51.3. The number of amides is 2. The lowest BCUT2D eigenvalue weighted by Crippen LogP contribution is -2.31. The van der Waals surface area contributed by atoms with Crippen molar-refractivity contribution in [1.29, 1.82) is 0 Å². The fourth-order valence-corrected chi connectivity index (χ4v) is 4.21. The predicted molar refractivity (Wildman–Crippen MR) is 115 cm³/mol. The Morgan fingerprint density at radius 3 is 2.29 bits per heavy atom. The minimum Gasteiger partial charge on any atom is -0.454 e. The Hall–Kier alpha value is -3.25. The third-order valence-electron chi connectivity index (χ3n) is 5.73. The van der Waals surface area contributed by atoms with Crippen LogP contribution in [0, 0.1) is 17.8 Å². The molecule has 0 N–H and O–H groups in total. The normalized spacial score (nSPS) is 22.4. The van der Waals surface area contributed by atoms with E-state index in [2.05, 4.69) is 0 Å². The summed E-state index contributed by atoms with van der Waals surface area (Å²) in [5, 5.41) is 0.508. The van der Waals surface area contributed by atoms with E-state index in [1.807, 2.05) is 19.1 Å². The van der Waals surface area contributed by atoms with Crippen LogP contribution in [-0.4, -0.2) is 30.2 Å². The average molecular weight is 438 g/mol. The largest absolute Gasteiger partial charge is 0.454 e. The Kier molecular flexibility index (Phi) is 5.74. The summed E-state index contributed by atoms with van der Waals surface area (Å²) >= 11 is 5.80. The van der Waals surface area contributed by atoms with Gasteiger partial charge in [0.25, 0.3) is 0 Å². The van der Waals surface area contributed by atoms with Crippen molar-refractivity contribution in [2.24, 2.45) is 17.8 Å². The molecule has 1 aliphatic carbocycles. The molecule has 1 heterocycles. The summed E-state index contributed by atoms with van der Waals surface area (Å²) in [5.74, 6) is -2.12. The number of hydrogen-bond donors (Lipinski definition) is 0. The molecule has 3 atom stereocenters. The number of rotatable bonds is 5. The first kappa shape index (κ1) is 21.0. The summed E-state index contributed by atoms with van der Waals surface area (Å²) in [7, 11) is 0. The number of ketones is 1. The van der Waals surface area contributed by atoms with Gasteiger partial charge in [-0.1, -0.05) is 30.7 Å². The van der Waals surface area contributed by atoms with Crippen LogP contribution in [0.3, 0.4) is 0 Å². The van der Waals surface area contributed by atoms with Crippen LogP contribution in [0.4, 0.5) is 5.69 Å². The molecule has 1 fully saturated rings. The molecule has 0 aromatic heterocycles. The second kappa shape index (κ2) is 8.47. The van der Waals surface area contributed by atoms with Crippen LogP contribution in [0.2, 0.25) is 5.02 Å². The number of anilines is 1. The Morgan fingerprint density at radius 2 is 1.65 bits per heavy atom. The maximum absolute atomic E-state index is 12.8. The van der Waals surface area contributed by atoms with Crippen molar-refractivity contribution in [3.63, 3.8) is 0 Å². The molecule has 6 nitrogen and oxygen atoms in total. The summed E-state index contributed by atoms with van der Waals surface area (Å²) < 4.78 is 5.10. The fraction of sp³-hybridized carbons (Fsp3) is 0.250. The molecule has 0 unspecified atom stereocenters. The smallest absolute Gasteiger partial charge is 0.338 e. The summed E-state index contributed by atoms with van der Waals surface area (Å²) in [5.41, 5.74) is 1.04. The molecule has 158 valence electrons. The molecule has 0 saturated carbocycles. The van der Waals surface area contributed by atoms with Gasteiger partial charge in [-0.05, 0) is 60.9 Å². The van der Waals surface area contributed by atoms with Crippen molar-refractivity contribution in [3.8, 4) is 0 Å². The number of fused-ring (bicyclic) bond motifs is 1. The van der Waals surface area contributed by atoms with Gasteiger partial charge in [-0.3, -0.25) is 19.3 Å². The van der Waals surface area contributed by atoms with Gasteiger partial charge >= 0.3 is 5.97 Å². The van der Waals surface area contributed by atoms with Gasteiger partial charge < -0.3 is 4.74 Å². The average Bonchev–Trinajstić information content (AvgIpc) is 3.03. The van der Waals surface area contributed by atoms with Crippen LogP contribution < -0.4 is 4.90 Å². The Balaban J connectivity index is 1.41. The van der Waals surface area contributed by atoms with E-state index in [0.29, 0.717) is 22.7 Å². The molecule has 7 heteroatoms. The number of carbonyl (C=O) groups is 4. The van der Waals surface area contributed by atoms with E-state index in [-0.39, 0.29) is 40.9 Å². The van der Waals surface area contributed by atoms with E-state index in [9.17, 15) is 19.2 Å². The number of ether oxygens (including phenoxy) is 1. The van der Waals surface area contributed by atoms with Crippen molar-refractivity contribution >= 4 is 40.9 Å². The maximum atomic E-state index is 12.8. The Bertz CT molecular complexity index is 1070. The Labute approximate surface area is 184 Å². The SMILES string of the molecule is C[C@H]1C=CC[C@H]2C(=O)N(c3ccc(C(=O)OCC(=O)c4ccc(Cl)cc4)cc3)C(=O)[C@H]12. The number of benzene rings is 2. The summed E-state index contributed by atoms with van der Waals surface area (Å²) in [6.45, 7) is 1.53. The van der Waals surface area contributed by atoms with Crippen molar-refractivity contribution in [2.45, 2.75) is 13.3 Å². The first-order chi connectivity index (χ1) is 14.9. The third kappa shape index (κ3) is 4.03. The first-order valence-corrected chi connectivity index (χ1v) is 10.3. The maximum Gasteiger partial charge on any atom is 0.338 e. The van der Waals surface area contributed by atoms with Gasteiger partial charge in [0.05, 0.1) is 23.1 Å². The van der Waals surface area contributed by atoms with Gasteiger partial charge in [0.15, 0.2) is 12.4 Å². The second-order valence-corrected chi connectivity index (χ2v) is 8.16. The predicted octanol–water partition coefficient (Wildman–Crippen LogP) is 4.08. The minimum absolute atomic E-state index is 0.00706. The zero-order chi connectivity index (χ0) is 22.1. The lowest BCUT2D eigenvalue weighted by molar-refractivity contribution is -0.122. The van der Waals surface area contributed by atoms with E-state index in [4.69, 9.17) is 16.3 Å². The van der Waals surface area contributed by atoms with Crippen LogP contribution in [0.25, 0.3) is 0 Å². The van der Waals surface area contributed by atoms with Crippen LogP contribution in [0.15, 0.2) is 60.7 Å². The van der Waals surface area contributed by atoms with E-state index >= 15 is 0 Å². The van der Waals surface area contributed by atoms with Crippen LogP contribution in [0.5, 0.6) is 0 Å². The number of Topliss-reactive ketones (excluding diaryl/α,β-unsaturated/α-hetero) is 1. The van der Waals surface area contributed by atoms with Crippen LogP contribution in [0.1, 0.15) is 34.1 Å². The van der Waals surface area contributed by atoms with Crippen molar-refractivity contribution < 1.29 is 23.9 Å². The topological polar surface area (TPSA) is 80.8 Å². The van der Waals surface area contributed by atoms with Gasteiger partial charge in [-0.15, -0.1) is 0 Å². The van der Waals surface area contributed by atoms with E-state index < -0.39 is 12.6 Å².